The number of nitrogens with zero attached hydrogens (tertiary/aromatic N) is 2. The highest BCUT2D eigenvalue weighted by molar-refractivity contribution is 7.98. The topological polar surface area (TPSA) is 110 Å². The Morgan fingerprint density at radius 1 is 1.39 bits per heavy atom. The molecule has 0 aliphatic carbocycles. The summed E-state index contributed by atoms with van der Waals surface area (Å²) in [5.41, 5.74) is 0.361. The Morgan fingerprint density at radius 2 is 2.09 bits per heavy atom. The molecule has 10 heteroatoms. The van der Waals surface area contributed by atoms with E-state index in [0.717, 1.165) is 0 Å². The van der Waals surface area contributed by atoms with E-state index in [1.165, 1.54) is 11.8 Å². The van der Waals surface area contributed by atoms with Crippen LogP contribution in [0.3, 0.4) is 0 Å². The van der Waals surface area contributed by atoms with Crippen molar-refractivity contribution < 1.29 is 28.9 Å². The van der Waals surface area contributed by atoms with Gasteiger partial charge in [0.2, 0.25) is 0 Å². The van der Waals surface area contributed by atoms with E-state index in [2.05, 4.69) is 9.82 Å². The number of ether oxygens (including phenoxy) is 3. The van der Waals surface area contributed by atoms with Crippen LogP contribution in [0.15, 0.2) is 23.4 Å². The van der Waals surface area contributed by atoms with E-state index < -0.39 is 35.5 Å². The molecule has 0 amide bonds. The molecule has 124 valence electrons. The molecule has 3 unspecified atom stereocenters. The summed E-state index contributed by atoms with van der Waals surface area (Å²) >= 11 is 1.34. The first-order valence-electron chi connectivity index (χ1n) is 6.84. The molecule has 1 aromatic heterocycles. The maximum absolute atomic E-state index is 12.3. The summed E-state index contributed by atoms with van der Waals surface area (Å²) in [6.07, 6.45) is 0.775. The first-order valence-corrected chi connectivity index (χ1v) is 8.07. The molecule has 0 N–H and O–H groups in total. The summed E-state index contributed by atoms with van der Waals surface area (Å²) in [6, 6.07) is 3.28. The van der Waals surface area contributed by atoms with Crippen LogP contribution in [0, 0.1) is 10.1 Å². The first-order chi connectivity index (χ1) is 11.1. The molecule has 0 bridgehead atoms. The lowest BCUT2D eigenvalue weighted by Gasteiger charge is -2.17. The van der Waals surface area contributed by atoms with E-state index in [0.29, 0.717) is 10.6 Å². The molecule has 0 saturated carbocycles. The molecular weight excluding hydrogens is 328 g/mol. The molecule has 0 radical (unpaired) electrons. The summed E-state index contributed by atoms with van der Waals surface area (Å²) in [6.45, 7) is 0.126. The van der Waals surface area contributed by atoms with Gasteiger partial charge in [-0.15, -0.1) is 21.9 Å². The Hall–Kier alpha value is -1.91. The molecule has 2 aliphatic rings. The lowest BCUT2D eigenvalue weighted by atomic mass is 10.1. The molecule has 1 aromatic rings. The van der Waals surface area contributed by atoms with Gasteiger partial charge in [0.15, 0.2) is 12.2 Å². The minimum Gasteiger partial charge on any atom is -0.453 e. The SMILES string of the molecule is CSc1ncccc1C(=O)OC1COC2C1OC[C@@H]2O[N+](=O)[O-]. The van der Waals surface area contributed by atoms with Crippen LogP contribution in [-0.2, 0) is 19.0 Å². The van der Waals surface area contributed by atoms with Gasteiger partial charge in [-0.25, -0.2) is 9.78 Å². The molecule has 2 saturated heterocycles. The minimum atomic E-state index is -0.876. The van der Waals surface area contributed by atoms with Crippen LogP contribution in [0.1, 0.15) is 10.4 Å². The number of hydrogen-bond acceptors (Lipinski definition) is 9. The molecule has 2 aliphatic heterocycles. The van der Waals surface area contributed by atoms with Crippen molar-refractivity contribution in [3.63, 3.8) is 0 Å². The van der Waals surface area contributed by atoms with Crippen molar-refractivity contribution in [1.29, 1.82) is 0 Å². The van der Waals surface area contributed by atoms with Gasteiger partial charge in [-0.05, 0) is 18.4 Å². The van der Waals surface area contributed by atoms with Crippen molar-refractivity contribution in [2.75, 3.05) is 19.5 Å². The molecule has 9 nitrogen and oxygen atoms in total. The smallest absolute Gasteiger partial charge is 0.341 e. The lowest BCUT2D eigenvalue weighted by molar-refractivity contribution is -0.769. The molecule has 3 heterocycles. The largest absolute Gasteiger partial charge is 0.453 e. The number of carbonyl (C=O) groups is 1. The standard InChI is InChI=1S/C13H14N2O7S/c1-23-12-7(3-2-4-14-12)13(16)21-8-5-19-11-9(22-15(17)18)6-20-10(8)11/h2-4,8-11H,5-6H2,1H3/t8?,9-,10?,11?/m0/s1. The fraction of sp³-hybridized carbons (Fsp3) is 0.538. The Labute approximate surface area is 135 Å². The predicted octanol–water partition coefficient (Wildman–Crippen LogP) is 0.703. The van der Waals surface area contributed by atoms with Gasteiger partial charge in [-0.1, -0.05) is 0 Å². The van der Waals surface area contributed by atoms with Crippen molar-refractivity contribution in [3.8, 4) is 0 Å². The van der Waals surface area contributed by atoms with Gasteiger partial charge in [0.05, 0.1) is 18.8 Å². The fourth-order valence-corrected chi connectivity index (χ4v) is 3.18. The Morgan fingerprint density at radius 3 is 2.78 bits per heavy atom. The van der Waals surface area contributed by atoms with Crippen LogP contribution in [0.5, 0.6) is 0 Å². The molecule has 4 atom stereocenters. The number of hydrogen-bond donors (Lipinski definition) is 0. The highest BCUT2D eigenvalue weighted by atomic mass is 32.2. The highest BCUT2D eigenvalue weighted by Gasteiger charge is 2.51. The molecule has 0 spiro atoms. The molecule has 23 heavy (non-hydrogen) atoms. The third-order valence-corrected chi connectivity index (χ3v) is 4.34. The van der Waals surface area contributed by atoms with Gasteiger partial charge >= 0.3 is 5.97 Å². The van der Waals surface area contributed by atoms with Gasteiger partial charge in [-0.2, -0.15) is 0 Å². The average molecular weight is 342 g/mol. The Balaban J connectivity index is 1.66. The number of thioether (sulfide) groups is 1. The van der Waals surface area contributed by atoms with E-state index in [1.54, 1.807) is 18.3 Å². The normalized spacial score (nSPS) is 29.1. The van der Waals surface area contributed by atoms with E-state index in [9.17, 15) is 14.9 Å². The van der Waals surface area contributed by atoms with Crippen LogP contribution in [0.2, 0.25) is 0 Å². The van der Waals surface area contributed by atoms with Crippen molar-refractivity contribution in [1.82, 2.24) is 4.98 Å². The number of aromatic nitrogens is 1. The van der Waals surface area contributed by atoms with E-state index in [1.807, 2.05) is 6.26 Å². The lowest BCUT2D eigenvalue weighted by Crippen LogP contribution is -2.35. The third kappa shape index (κ3) is 3.23. The second kappa shape index (κ2) is 6.69. The maximum Gasteiger partial charge on any atom is 0.341 e. The second-order valence-electron chi connectivity index (χ2n) is 4.97. The Kier molecular flexibility index (Phi) is 4.64. The van der Waals surface area contributed by atoms with Gasteiger partial charge in [0.25, 0.3) is 5.09 Å². The highest BCUT2D eigenvalue weighted by Crippen LogP contribution is 2.31. The number of pyridine rings is 1. The molecule has 0 aromatic carbocycles. The first kappa shape index (κ1) is 16.0. The van der Waals surface area contributed by atoms with Crippen LogP contribution >= 0.6 is 11.8 Å². The van der Waals surface area contributed by atoms with Crippen molar-refractivity contribution in [2.45, 2.75) is 29.4 Å². The zero-order chi connectivity index (χ0) is 16.4. The zero-order valence-corrected chi connectivity index (χ0v) is 12.9. The fourth-order valence-electron chi connectivity index (χ4n) is 2.64. The molecular formula is C13H14N2O7S. The van der Waals surface area contributed by atoms with Crippen molar-refractivity contribution in [2.24, 2.45) is 0 Å². The monoisotopic (exact) mass is 342 g/mol. The predicted molar refractivity (Wildman–Crippen MR) is 76.6 cm³/mol. The number of fused-ring (bicyclic) bond motifs is 1. The van der Waals surface area contributed by atoms with Crippen LogP contribution < -0.4 is 0 Å². The number of esters is 1. The summed E-state index contributed by atoms with van der Waals surface area (Å²) in [5.74, 6) is -0.529. The minimum absolute atomic E-state index is 0.0211. The second-order valence-corrected chi connectivity index (χ2v) is 5.76. The molecule has 3 rings (SSSR count). The average Bonchev–Trinajstić information content (AvgIpc) is 3.11. The molecule has 2 fully saturated rings. The number of rotatable bonds is 5. The van der Waals surface area contributed by atoms with Crippen LogP contribution in [-0.4, -0.2) is 59.9 Å². The zero-order valence-electron chi connectivity index (χ0n) is 12.1. The van der Waals surface area contributed by atoms with Gasteiger partial charge in [0, 0.05) is 6.20 Å². The summed E-state index contributed by atoms with van der Waals surface area (Å²) in [5, 5.41) is 10.1. The van der Waals surface area contributed by atoms with Gasteiger partial charge in [-0.3, -0.25) is 0 Å². The summed E-state index contributed by atoms with van der Waals surface area (Å²) in [7, 11) is 0. The van der Waals surface area contributed by atoms with Crippen LogP contribution in [0.25, 0.3) is 0 Å². The van der Waals surface area contributed by atoms with Gasteiger partial charge < -0.3 is 19.0 Å². The number of carbonyl (C=O) groups excluding carboxylic acids is 1. The van der Waals surface area contributed by atoms with Gasteiger partial charge in [0.1, 0.15) is 17.2 Å². The third-order valence-electron chi connectivity index (χ3n) is 3.63. The Bertz CT molecular complexity index is 614. The maximum atomic E-state index is 12.3. The van der Waals surface area contributed by atoms with Crippen molar-refractivity contribution in [3.05, 3.63) is 34.0 Å². The van der Waals surface area contributed by atoms with Crippen molar-refractivity contribution >= 4 is 17.7 Å². The van der Waals surface area contributed by atoms with E-state index in [-0.39, 0.29) is 13.2 Å². The summed E-state index contributed by atoms with van der Waals surface area (Å²) < 4.78 is 16.3. The van der Waals surface area contributed by atoms with E-state index >= 15 is 0 Å². The van der Waals surface area contributed by atoms with E-state index in [4.69, 9.17) is 14.2 Å². The van der Waals surface area contributed by atoms with Crippen LogP contribution in [0.4, 0.5) is 0 Å². The summed E-state index contributed by atoms with van der Waals surface area (Å²) in [4.78, 5) is 31.4. The quantitative estimate of drug-likeness (QED) is 0.330.